The Labute approximate surface area is 198 Å². The lowest BCUT2D eigenvalue weighted by Crippen LogP contribution is -2.36. The first-order valence-corrected chi connectivity index (χ1v) is 11.0. The molecule has 1 N–H and O–H groups in total. The standard InChI is InChI=1S/C23H16Cl2N2O4S/c1-13-2-5-15(6-3-13)26-21(28)12-27-22(29)20(32-23(27)30)11-16-7-9-19(31-16)17-10-14(24)4-8-18(17)25/h2-11H,12H2,1H3,(H,26,28). The second-order valence-electron chi connectivity index (χ2n) is 7.01. The Balaban J connectivity index is 1.46. The second-order valence-corrected chi connectivity index (χ2v) is 8.85. The van der Waals surface area contributed by atoms with E-state index in [0.29, 0.717) is 32.8 Å². The molecule has 6 nitrogen and oxygen atoms in total. The largest absolute Gasteiger partial charge is 0.457 e. The van der Waals surface area contributed by atoms with Crippen LogP contribution in [0.4, 0.5) is 10.5 Å². The van der Waals surface area contributed by atoms with E-state index in [4.69, 9.17) is 27.6 Å². The number of furan rings is 1. The summed E-state index contributed by atoms with van der Waals surface area (Å²) in [4.78, 5) is 38.4. The van der Waals surface area contributed by atoms with Gasteiger partial charge in [0.1, 0.15) is 18.1 Å². The van der Waals surface area contributed by atoms with Gasteiger partial charge in [-0.15, -0.1) is 0 Å². The number of hydrogen-bond acceptors (Lipinski definition) is 5. The van der Waals surface area contributed by atoms with E-state index in [2.05, 4.69) is 5.32 Å². The van der Waals surface area contributed by atoms with Gasteiger partial charge >= 0.3 is 0 Å². The summed E-state index contributed by atoms with van der Waals surface area (Å²) in [6.07, 6.45) is 1.46. The van der Waals surface area contributed by atoms with Crippen molar-refractivity contribution in [3.05, 3.63) is 80.9 Å². The molecule has 0 spiro atoms. The van der Waals surface area contributed by atoms with Crippen LogP contribution < -0.4 is 5.32 Å². The highest BCUT2D eigenvalue weighted by Gasteiger charge is 2.36. The van der Waals surface area contributed by atoms with Crippen LogP contribution in [-0.4, -0.2) is 28.5 Å². The molecule has 0 saturated carbocycles. The molecule has 2 heterocycles. The first-order chi connectivity index (χ1) is 15.3. The van der Waals surface area contributed by atoms with Gasteiger partial charge in [0.15, 0.2) is 0 Å². The third kappa shape index (κ3) is 4.91. The fraction of sp³-hybridized carbons (Fsp3) is 0.0870. The van der Waals surface area contributed by atoms with Crippen LogP contribution in [0.5, 0.6) is 0 Å². The van der Waals surface area contributed by atoms with Crippen LogP contribution in [0, 0.1) is 6.92 Å². The van der Waals surface area contributed by atoms with E-state index in [1.165, 1.54) is 6.08 Å². The lowest BCUT2D eigenvalue weighted by Gasteiger charge is -2.12. The van der Waals surface area contributed by atoms with Crippen LogP contribution in [0.2, 0.25) is 10.0 Å². The fourth-order valence-corrected chi connectivity index (χ4v) is 4.21. The Hall–Kier alpha value is -3.00. The number of hydrogen-bond donors (Lipinski definition) is 1. The minimum absolute atomic E-state index is 0.163. The minimum Gasteiger partial charge on any atom is -0.457 e. The van der Waals surface area contributed by atoms with Crippen LogP contribution in [0.3, 0.4) is 0 Å². The molecule has 0 atom stereocenters. The molecule has 1 aliphatic rings. The van der Waals surface area contributed by atoms with Crippen molar-refractivity contribution in [3.63, 3.8) is 0 Å². The average molecular weight is 487 g/mol. The fourth-order valence-electron chi connectivity index (χ4n) is 3.01. The number of benzene rings is 2. The lowest BCUT2D eigenvalue weighted by atomic mass is 10.2. The van der Waals surface area contributed by atoms with Crippen LogP contribution in [0.1, 0.15) is 11.3 Å². The molecule has 1 saturated heterocycles. The highest BCUT2D eigenvalue weighted by atomic mass is 35.5. The first kappa shape index (κ1) is 22.2. The van der Waals surface area contributed by atoms with Gasteiger partial charge in [-0.3, -0.25) is 19.3 Å². The predicted octanol–water partition coefficient (Wildman–Crippen LogP) is 6.24. The number of aryl methyl sites for hydroxylation is 1. The summed E-state index contributed by atoms with van der Waals surface area (Å²) in [7, 11) is 0. The van der Waals surface area contributed by atoms with Gasteiger partial charge in [-0.1, -0.05) is 40.9 Å². The van der Waals surface area contributed by atoms with Gasteiger partial charge in [0.25, 0.3) is 11.1 Å². The van der Waals surface area contributed by atoms with E-state index in [1.807, 2.05) is 19.1 Å². The van der Waals surface area contributed by atoms with E-state index >= 15 is 0 Å². The summed E-state index contributed by atoms with van der Waals surface area (Å²) in [6, 6.07) is 15.6. The molecular formula is C23H16Cl2N2O4S. The third-order valence-corrected chi connectivity index (χ3v) is 6.08. The normalized spacial score (nSPS) is 15.0. The van der Waals surface area contributed by atoms with Gasteiger partial charge in [-0.05, 0) is 61.2 Å². The van der Waals surface area contributed by atoms with Crippen LogP contribution in [-0.2, 0) is 9.59 Å². The molecule has 1 aliphatic heterocycles. The first-order valence-electron chi connectivity index (χ1n) is 9.47. The Bertz CT molecular complexity index is 1250. The summed E-state index contributed by atoms with van der Waals surface area (Å²) in [5.74, 6) is -0.183. The van der Waals surface area contributed by atoms with Crippen LogP contribution in [0.25, 0.3) is 17.4 Å². The molecule has 3 amide bonds. The highest BCUT2D eigenvalue weighted by molar-refractivity contribution is 8.18. The SMILES string of the molecule is Cc1ccc(NC(=O)CN2C(=O)SC(=Cc3ccc(-c4cc(Cl)ccc4Cl)o3)C2=O)cc1. The zero-order valence-corrected chi connectivity index (χ0v) is 19.1. The van der Waals surface area contributed by atoms with Crippen molar-refractivity contribution >= 4 is 63.8 Å². The van der Waals surface area contributed by atoms with Gasteiger partial charge < -0.3 is 9.73 Å². The maximum absolute atomic E-state index is 12.7. The maximum atomic E-state index is 12.7. The highest BCUT2D eigenvalue weighted by Crippen LogP contribution is 2.35. The molecule has 9 heteroatoms. The number of rotatable bonds is 5. The molecule has 32 heavy (non-hydrogen) atoms. The van der Waals surface area contributed by atoms with E-state index in [1.54, 1.807) is 42.5 Å². The average Bonchev–Trinajstić information content (AvgIpc) is 3.32. The quantitative estimate of drug-likeness (QED) is 0.431. The maximum Gasteiger partial charge on any atom is 0.294 e. The molecule has 2 aromatic carbocycles. The topological polar surface area (TPSA) is 79.6 Å². The number of nitrogens with zero attached hydrogens (tertiary/aromatic N) is 1. The molecule has 162 valence electrons. The number of thioether (sulfide) groups is 1. The van der Waals surface area contributed by atoms with Crippen LogP contribution >= 0.6 is 35.0 Å². The summed E-state index contributed by atoms with van der Waals surface area (Å²) in [5, 5.41) is 3.13. The lowest BCUT2D eigenvalue weighted by molar-refractivity contribution is -0.127. The molecular weight excluding hydrogens is 471 g/mol. The molecule has 4 rings (SSSR count). The molecule has 1 fully saturated rings. The van der Waals surface area contributed by atoms with E-state index < -0.39 is 17.1 Å². The molecule has 0 unspecified atom stereocenters. The van der Waals surface area contributed by atoms with Gasteiger partial charge in [-0.2, -0.15) is 0 Å². The summed E-state index contributed by atoms with van der Waals surface area (Å²) >= 11 is 13.0. The monoisotopic (exact) mass is 486 g/mol. The van der Waals surface area contributed by atoms with Crippen molar-refractivity contribution in [1.82, 2.24) is 4.90 Å². The molecule has 3 aromatic rings. The van der Waals surface area contributed by atoms with Crippen molar-refractivity contribution in [2.24, 2.45) is 0 Å². The number of anilines is 1. The Morgan fingerprint density at radius 2 is 1.84 bits per heavy atom. The molecule has 0 bridgehead atoms. The van der Waals surface area contributed by atoms with Crippen molar-refractivity contribution in [2.75, 3.05) is 11.9 Å². The summed E-state index contributed by atoms with van der Waals surface area (Å²) in [5.41, 5.74) is 2.25. The minimum atomic E-state index is -0.558. The number of carbonyl (C=O) groups excluding carboxylic acids is 3. The second kappa shape index (κ2) is 9.24. The Morgan fingerprint density at radius 1 is 1.09 bits per heavy atom. The summed E-state index contributed by atoms with van der Waals surface area (Å²) < 4.78 is 5.76. The van der Waals surface area contributed by atoms with Crippen molar-refractivity contribution in [1.29, 1.82) is 0 Å². The van der Waals surface area contributed by atoms with Crippen molar-refractivity contribution in [2.45, 2.75) is 6.92 Å². The smallest absolute Gasteiger partial charge is 0.294 e. The van der Waals surface area contributed by atoms with Gasteiger partial charge in [0, 0.05) is 22.3 Å². The van der Waals surface area contributed by atoms with Crippen molar-refractivity contribution in [3.8, 4) is 11.3 Å². The van der Waals surface area contributed by atoms with Gasteiger partial charge in [0.2, 0.25) is 5.91 Å². The van der Waals surface area contributed by atoms with E-state index in [9.17, 15) is 14.4 Å². The summed E-state index contributed by atoms with van der Waals surface area (Å²) in [6.45, 7) is 1.56. The zero-order chi connectivity index (χ0) is 22.8. The number of nitrogens with one attached hydrogen (secondary N) is 1. The molecule has 0 aliphatic carbocycles. The molecule has 1 aromatic heterocycles. The van der Waals surface area contributed by atoms with E-state index in [0.717, 1.165) is 22.2 Å². The zero-order valence-electron chi connectivity index (χ0n) is 16.7. The molecule has 0 radical (unpaired) electrons. The number of imide groups is 1. The van der Waals surface area contributed by atoms with E-state index in [-0.39, 0.29) is 11.4 Å². The van der Waals surface area contributed by atoms with Gasteiger partial charge in [0.05, 0.1) is 9.93 Å². The Morgan fingerprint density at radius 3 is 2.59 bits per heavy atom. The van der Waals surface area contributed by atoms with Crippen LogP contribution in [0.15, 0.2) is 63.9 Å². The number of halogens is 2. The van der Waals surface area contributed by atoms with Crippen molar-refractivity contribution < 1.29 is 18.8 Å². The Kier molecular flexibility index (Phi) is 6.41. The number of carbonyl (C=O) groups is 3. The third-order valence-electron chi connectivity index (χ3n) is 4.60. The predicted molar refractivity (Wildman–Crippen MR) is 127 cm³/mol. The van der Waals surface area contributed by atoms with Gasteiger partial charge in [-0.25, -0.2) is 0 Å². The number of amides is 3.